The average molecular weight is 355 g/mol. The maximum atomic E-state index is 12.1. The number of pyridine rings is 1. The predicted octanol–water partition coefficient (Wildman–Crippen LogP) is 3.56. The van der Waals surface area contributed by atoms with Gasteiger partial charge in [-0.25, -0.2) is 9.67 Å². The zero-order valence-corrected chi connectivity index (χ0v) is 14.5. The molecule has 0 bridgehead atoms. The van der Waals surface area contributed by atoms with E-state index in [1.165, 1.54) is 5.56 Å². The summed E-state index contributed by atoms with van der Waals surface area (Å²) in [6, 6.07) is 13.4. The maximum absolute atomic E-state index is 12.1. The number of carbonyl (C=O) groups is 1. The number of amides is 1. The number of hydrogen-bond donors (Lipinski definition) is 1. The third kappa shape index (κ3) is 4.90. The molecule has 1 amide bonds. The number of hydrogen-bond acceptors (Lipinski definition) is 3. The van der Waals surface area contributed by atoms with Gasteiger partial charge in [-0.05, 0) is 42.7 Å². The number of benzene rings is 1. The average Bonchev–Trinajstić information content (AvgIpc) is 3.16. The first-order valence-electron chi connectivity index (χ1n) is 8.17. The molecule has 25 heavy (non-hydrogen) atoms. The summed E-state index contributed by atoms with van der Waals surface area (Å²) in [5.74, 6) is 0.762. The largest absolute Gasteiger partial charge is 0.352 e. The van der Waals surface area contributed by atoms with Crippen LogP contribution in [0.5, 0.6) is 0 Å². The minimum atomic E-state index is 0.0317. The minimum absolute atomic E-state index is 0.0317. The fourth-order valence-electron chi connectivity index (χ4n) is 2.55. The van der Waals surface area contributed by atoms with E-state index in [4.69, 9.17) is 11.6 Å². The van der Waals surface area contributed by atoms with Crippen LogP contribution in [0.15, 0.2) is 61.1 Å². The highest BCUT2D eigenvalue weighted by Gasteiger charge is 2.08. The van der Waals surface area contributed by atoms with Gasteiger partial charge in [-0.2, -0.15) is 5.10 Å². The second-order valence-corrected chi connectivity index (χ2v) is 6.13. The molecule has 0 saturated carbocycles. The number of halogens is 1. The summed E-state index contributed by atoms with van der Waals surface area (Å²) < 4.78 is 1.70. The number of rotatable bonds is 7. The van der Waals surface area contributed by atoms with E-state index in [9.17, 15) is 4.79 Å². The smallest absolute Gasteiger partial charge is 0.220 e. The molecule has 5 nitrogen and oxygen atoms in total. The first kappa shape index (κ1) is 17.2. The van der Waals surface area contributed by atoms with Crippen LogP contribution in [0, 0.1) is 0 Å². The lowest BCUT2D eigenvalue weighted by atomic mass is 10.1. The Kier molecular flexibility index (Phi) is 5.80. The molecular formula is C19H19ClN4O. The molecule has 0 aliphatic carbocycles. The highest BCUT2D eigenvalue weighted by Crippen LogP contribution is 2.12. The van der Waals surface area contributed by atoms with Gasteiger partial charge in [0.15, 0.2) is 5.82 Å². The Bertz CT molecular complexity index is 816. The van der Waals surface area contributed by atoms with E-state index in [1.807, 2.05) is 48.7 Å². The number of nitrogens with one attached hydrogen (secondary N) is 1. The van der Waals surface area contributed by atoms with Gasteiger partial charge in [0.25, 0.3) is 0 Å². The van der Waals surface area contributed by atoms with E-state index in [0.717, 1.165) is 29.2 Å². The third-order valence-electron chi connectivity index (χ3n) is 3.85. The van der Waals surface area contributed by atoms with Gasteiger partial charge in [0, 0.05) is 42.1 Å². The molecule has 0 spiro atoms. The zero-order chi connectivity index (χ0) is 17.5. The van der Waals surface area contributed by atoms with Crippen LogP contribution < -0.4 is 5.32 Å². The first-order chi connectivity index (χ1) is 12.2. The monoisotopic (exact) mass is 354 g/mol. The van der Waals surface area contributed by atoms with Crippen LogP contribution >= 0.6 is 11.6 Å². The molecule has 6 heteroatoms. The fourth-order valence-corrected chi connectivity index (χ4v) is 2.68. The lowest BCUT2D eigenvalue weighted by Crippen LogP contribution is -2.23. The summed E-state index contributed by atoms with van der Waals surface area (Å²) >= 11 is 5.87. The predicted molar refractivity (Wildman–Crippen MR) is 97.6 cm³/mol. The maximum Gasteiger partial charge on any atom is 0.220 e. The molecule has 2 heterocycles. The Morgan fingerprint density at radius 1 is 1.12 bits per heavy atom. The van der Waals surface area contributed by atoms with E-state index in [0.29, 0.717) is 13.0 Å². The van der Waals surface area contributed by atoms with Crippen molar-refractivity contribution in [3.63, 3.8) is 0 Å². The van der Waals surface area contributed by atoms with Crippen LogP contribution in [-0.2, 0) is 17.8 Å². The molecule has 0 atom stereocenters. The van der Waals surface area contributed by atoms with Crippen LogP contribution in [0.2, 0.25) is 5.02 Å². The van der Waals surface area contributed by atoms with E-state index in [1.54, 1.807) is 17.1 Å². The fraction of sp³-hybridized carbons (Fsp3) is 0.211. The van der Waals surface area contributed by atoms with Crippen molar-refractivity contribution in [1.82, 2.24) is 20.1 Å². The number of aryl methyl sites for hydroxylation is 1. The van der Waals surface area contributed by atoms with Gasteiger partial charge in [-0.3, -0.25) is 4.79 Å². The molecule has 3 aromatic rings. The van der Waals surface area contributed by atoms with E-state index in [-0.39, 0.29) is 5.91 Å². The molecule has 2 aromatic heterocycles. The van der Waals surface area contributed by atoms with Gasteiger partial charge in [-0.1, -0.05) is 29.8 Å². The SMILES string of the molecule is O=C(CCCc1ccc(Cl)cc1)NCc1cccnc1-n1cccn1. The van der Waals surface area contributed by atoms with Gasteiger partial charge in [0.1, 0.15) is 0 Å². The third-order valence-corrected chi connectivity index (χ3v) is 4.10. The normalized spacial score (nSPS) is 10.6. The lowest BCUT2D eigenvalue weighted by Gasteiger charge is -2.09. The molecule has 128 valence electrons. The number of aromatic nitrogens is 3. The van der Waals surface area contributed by atoms with E-state index >= 15 is 0 Å². The minimum Gasteiger partial charge on any atom is -0.352 e. The Morgan fingerprint density at radius 2 is 1.96 bits per heavy atom. The van der Waals surface area contributed by atoms with Crippen molar-refractivity contribution in [1.29, 1.82) is 0 Å². The Balaban J connectivity index is 1.49. The molecule has 1 N–H and O–H groups in total. The Hall–Kier alpha value is -2.66. The molecule has 3 rings (SSSR count). The second-order valence-electron chi connectivity index (χ2n) is 5.69. The van der Waals surface area contributed by atoms with Gasteiger partial charge in [-0.15, -0.1) is 0 Å². The van der Waals surface area contributed by atoms with Crippen molar-refractivity contribution < 1.29 is 4.79 Å². The highest BCUT2D eigenvalue weighted by atomic mass is 35.5. The van der Waals surface area contributed by atoms with E-state index in [2.05, 4.69) is 15.4 Å². The van der Waals surface area contributed by atoms with Crippen molar-refractivity contribution in [2.45, 2.75) is 25.8 Å². The van der Waals surface area contributed by atoms with Crippen molar-refractivity contribution in [3.05, 3.63) is 77.2 Å². The zero-order valence-electron chi connectivity index (χ0n) is 13.7. The van der Waals surface area contributed by atoms with Crippen molar-refractivity contribution in [2.75, 3.05) is 0 Å². The summed E-state index contributed by atoms with van der Waals surface area (Å²) in [6.45, 7) is 0.433. The summed E-state index contributed by atoms with van der Waals surface area (Å²) in [4.78, 5) is 16.4. The lowest BCUT2D eigenvalue weighted by molar-refractivity contribution is -0.121. The summed E-state index contributed by atoms with van der Waals surface area (Å²) in [6.07, 6.45) is 7.39. The standard InChI is InChI=1S/C19H19ClN4O/c20-17-9-7-15(8-10-17)4-1-6-18(25)22-14-16-5-2-11-21-19(16)24-13-3-12-23-24/h2-3,5,7-13H,1,4,6,14H2,(H,22,25). The summed E-state index contributed by atoms with van der Waals surface area (Å²) in [7, 11) is 0. The van der Waals surface area contributed by atoms with Crippen LogP contribution in [0.1, 0.15) is 24.0 Å². The van der Waals surface area contributed by atoms with Gasteiger partial charge < -0.3 is 5.32 Å². The highest BCUT2D eigenvalue weighted by molar-refractivity contribution is 6.30. The molecule has 0 aliphatic rings. The van der Waals surface area contributed by atoms with Gasteiger partial charge in [0.2, 0.25) is 5.91 Å². The molecule has 0 aliphatic heterocycles. The quantitative estimate of drug-likeness (QED) is 0.705. The number of carbonyl (C=O) groups excluding carboxylic acids is 1. The topological polar surface area (TPSA) is 59.8 Å². The van der Waals surface area contributed by atoms with Crippen LogP contribution in [0.25, 0.3) is 5.82 Å². The van der Waals surface area contributed by atoms with Crippen LogP contribution in [0.4, 0.5) is 0 Å². The van der Waals surface area contributed by atoms with Crippen molar-refractivity contribution in [3.8, 4) is 5.82 Å². The van der Waals surface area contributed by atoms with Crippen LogP contribution in [0.3, 0.4) is 0 Å². The molecule has 0 fully saturated rings. The van der Waals surface area contributed by atoms with Gasteiger partial charge >= 0.3 is 0 Å². The second kappa shape index (κ2) is 8.44. The summed E-state index contributed by atoms with van der Waals surface area (Å²) in [5.41, 5.74) is 2.11. The molecule has 0 radical (unpaired) electrons. The molecule has 0 saturated heterocycles. The van der Waals surface area contributed by atoms with Crippen molar-refractivity contribution in [2.24, 2.45) is 0 Å². The molecular weight excluding hydrogens is 336 g/mol. The van der Waals surface area contributed by atoms with E-state index < -0.39 is 0 Å². The first-order valence-corrected chi connectivity index (χ1v) is 8.55. The van der Waals surface area contributed by atoms with Crippen molar-refractivity contribution >= 4 is 17.5 Å². The summed E-state index contributed by atoms with van der Waals surface area (Å²) in [5, 5.41) is 7.88. The Labute approximate surface area is 151 Å². The number of nitrogens with zero attached hydrogens (tertiary/aromatic N) is 3. The van der Waals surface area contributed by atoms with Crippen LogP contribution in [-0.4, -0.2) is 20.7 Å². The molecule has 0 unspecified atom stereocenters. The molecule has 1 aromatic carbocycles. The Morgan fingerprint density at radius 3 is 2.72 bits per heavy atom. The van der Waals surface area contributed by atoms with Gasteiger partial charge in [0.05, 0.1) is 0 Å².